The third-order valence-electron chi connectivity index (χ3n) is 3.36. The molecule has 1 aliphatic rings. The van der Waals surface area contributed by atoms with Gasteiger partial charge in [0.1, 0.15) is 5.41 Å². The van der Waals surface area contributed by atoms with Crippen LogP contribution in [0.4, 0.5) is 0 Å². The van der Waals surface area contributed by atoms with Crippen LogP contribution < -0.4 is 0 Å². The first-order valence-electron chi connectivity index (χ1n) is 5.79. The first kappa shape index (κ1) is 12.1. The van der Waals surface area contributed by atoms with E-state index in [1.165, 1.54) is 10.4 Å². The number of likely N-dealkylation sites (N-methyl/N-ethyl adjacent to an activating group) is 1. The standard InChI is InChI=1S/C13H16N2OS/c1-10-4-8-17-11(10)3-7-15(2)12(16)13(9-14)5-6-13/h4,8H,3,5-7H2,1-2H3. The largest absolute Gasteiger partial charge is 0.344 e. The van der Waals surface area contributed by atoms with Crippen LogP contribution in [0.15, 0.2) is 11.4 Å². The van der Waals surface area contributed by atoms with E-state index in [4.69, 9.17) is 5.26 Å². The molecule has 1 heterocycles. The van der Waals surface area contributed by atoms with E-state index in [2.05, 4.69) is 24.4 Å². The maximum Gasteiger partial charge on any atom is 0.242 e. The van der Waals surface area contributed by atoms with Gasteiger partial charge in [-0.15, -0.1) is 11.3 Å². The number of nitriles is 1. The lowest BCUT2D eigenvalue weighted by Gasteiger charge is -2.19. The number of rotatable bonds is 4. The van der Waals surface area contributed by atoms with E-state index in [0.29, 0.717) is 6.54 Å². The summed E-state index contributed by atoms with van der Waals surface area (Å²) in [4.78, 5) is 15.0. The highest BCUT2D eigenvalue weighted by Crippen LogP contribution is 2.46. The van der Waals surface area contributed by atoms with Gasteiger partial charge in [-0.1, -0.05) is 0 Å². The summed E-state index contributed by atoms with van der Waals surface area (Å²) in [6, 6.07) is 4.25. The number of hydrogen-bond acceptors (Lipinski definition) is 3. The predicted octanol–water partition coefficient (Wildman–Crippen LogP) is 2.36. The number of hydrogen-bond donors (Lipinski definition) is 0. The quantitative estimate of drug-likeness (QED) is 0.821. The smallest absolute Gasteiger partial charge is 0.242 e. The Labute approximate surface area is 106 Å². The average Bonchev–Trinajstić information content (AvgIpc) is 3.03. The monoisotopic (exact) mass is 248 g/mol. The molecule has 90 valence electrons. The average molecular weight is 248 g/mol. The molecule has 1 fully saturated rings. The van der Waals surface area contributed by atoms with Crippen LogP contribution in [0.3, 0.4) is 0 Å². The summed E-state index contributed by atoms with van der Waals surface area (Å²) < 4.78 is 0. The zero-order valence-corrected chi connectivity index (χ0v) is 11.0. The van der Waals surface area contributed by atoms with Crippen LogP contribution in [0.2, 0.25) is 0 Å². The van der Waals surface area contributed by atoms with E-state index in [9.17, 15) is 4.79 Å². The number of aryl methyl sites for hydroxylation is 1. The van der Waals surface area contributed by atoms with E-state index in [0.717, 1.165) is 19.3 Å². The second-order valence-electron chi connectivity index (χ2n) is 4.70. The molecule has 0 spiro atoms. The minimum Gasteiger partial charge on any atom is -0.344 e. The third kappa shape index (κ3) is 2.34. The summed E-state index contributed by atoms with van der Waals surface area (Å²) in [7, 11) is 1.79. The van der Waals surface area contributed by atoms with Crippen molar-refractivity contribution in [1.82, 2.24) is 4.90 Å². The van der Waals surface area contributed by atoms with Crippen molar-refractivity contribution in [2.75, 3.05) is 13.6 Å². The molecule has 0 unspecified atom stereocenters. The fourth-order valence-electron chi connectivity index (χ4n) is 1.89. The lowest BCUT2D eigenvalue weighted by atomic mass is 10.1. The van der Waals surface area contributed by atoms with Crippen molar-refractivity contribution in [1.29, 1.82) is 5.26 Å². The topological polar surface area (TPSA) is 44.1 Å². The Kier molecular flexibility index (Phi) is 3.21. The first-order chi connectivity index (χ1) is 8.09. The summed E-state index contributed by atoms with van der Waals surface area (Å²) in [5, 5.41) is 11.1. The van der Waals surface area contributed by atoms with E-state index < -0.39 is 5.41 Å². The van der Waals surface area contributed by atoms with Crippen LogP contribution in [0.5, 0.6) is 0 Å². The van der Waals surface area contributed by atoms with Crippen molar-refractivity contribution in [2.45, 2.75) is 26.2 Å². The van der Waals surface area contributed by atoms with Crippen LogP contribution in [-0.2, 0) is 11.2 Å². The third-order valence-corrected chi connectivity index (χ3v) is 4.45. The fraction of sp³-hybridized carbons (Fsp3) is 0.538. The molecule has 1 amide bonds. The summed E-state index contributed by atoms with van der Waals surface area (Å²) in [6.07, 6.45) is 2.34. The van der Waals surface area contributed by atoms with Crippen molar-refractivity contribution in [3.05, 3.63) is 21.9 Å². The highest BCUT2D eigenvalue weighted by molar-refractivity contribution is 7.10. The minimum absolute atomic E-state index is 0.00536. The zero-order valence-electron chi connectivity index (χ0n) is 10.2. The van der Waals surface area contributed by atoms with E-state index in [1.807, 2.05) is 0 Å². The van der Waals surface area contributed by atoms with Gasteiger partial charge in [-0.25, -0.2) is 0 Å². The minimum atomic E-state index is -0.681. The second kappa shape index (κ2) is 4.50. The van der Waals surface area contributed by atoms with Gasteiger partial charge in [-0.2, -0.15) is 5.26 Å². The summed E-state index contributed by atoms with van der Waals surface area (Å²) in [5.41, 5.74) is 0.608. The summed E-state index contributed by atoms with van der Waals surface area (Å²) in [5.74, 6) is -0.00536. The maximum atomic E-state index is 12.0. The van der Waals surface area contributed by atoms with Crippen LogP contribution in [-0.4, -0.2) is 24.4 Å². The predicted molar refractivity (Wildman–Crippen MR) is 67.7 cm³/mol. The molecule has 1 aromatic rings. The Morgan fingerprint density at radius 1 is 1.65 bits per heavy atom. The maximum absolute atomic E-state index is 12.0. The molecule has 1 aromatic heterocycles. The Bertz CT molecular complexity index is 468. The van der Waals surface area contributed by atoms with E-state index in [1.54, 1.807) is 23.3 Å². The first-order valence-corrected chi connectivity index (χ1v) is 6.67. The number of thiophene rings is 1. The van der Waals surface area contributed by atoms with E-state index in [-0.39, 0.29) is 5.91 Å². The number of carbonyl (C=O) groups is 1. The molecule has 0 bridgehead atoms. The Balaban J connectivity index is 1.90. The molecule has 0 N–H and O–H groups in total. The van der Waals surface area contributed by atoms with Crippen LogP contribution >= 0.6 is 11.3 Å². The Morgan fingerprint density at radius 2 is 2.35 bits per heavy atom. The van der Waals surface area contributed by atoms with Crippen molar-refractivity contribution in [3.63, 3.8) is 0 Å². The van der Waals surface area contributed by atoms with Crippen molar-refractivity contribution >= 4 is 17.2 Å². The molecule has 4 heteroatoms. The Morgan fingerprint density at radius 3 is 2.82 bits per heavy atom. The molecule has 3 nitrogen and oxygen atoms in total. The summed E-state index contributed by atoms with van der Waals surface area (Å²) in [6.45, 7) is 2.79. The molecule has 0 radical (unpaired) electrons. The fourth-order valence-corrected chi connectivity index (χ4v) is 2.79. The second-order valence-corrected chi connectivity index (χ2v) is 5.70. The van der Waals surface area contributed by atoms with Crippen molar-refractivity contribution in [2.24, 2.45) is 5.41 Å². The zero-order chi connectivity index (χ0) is 12.5. The molecule has 0 saturated heterocycles. The lowest BCUT2D eigenvalue weighted by Crippen LogP contribution is -2.34. The van der Waals surface area contributed by atoms with Gasteiger partial charge in [-0.05, 0) is 43.2 Å². The number of amides is 1. The normalized spacial score (nSPS) is 16.3. The van der Waals surface area contributed by atoms with Crippen LogP contribution in [0.1, 0.15) is 23.3 Å². The molecule has 1 aliphatic carbocycles. The van der Waals surface area contributed by atoms with E-state index >= 15 is 0 Å². The molecule has 17 heavy (non-hydrogen) atoms. The van der Waals surface area contributed by atoms with Gasteiger partial charge in [0.2, 0.25) is 5.91 Å². The van der Waals surface area contributed by atoms with Crippen LogP contribution in [0, 0.1) is 23.7 Å². The van der Waals surface area contributed by atoms with Gasteiger partial charge in [0, 0.05) is 18.5 Å². The van der Waals surface area contributed by atoms with Gasteiger partial charge in [-0.3, -0.25) is 4.79 Å². The molecule has 0 atom stereocenters. The van der Waals surface area contributed by atoms with Crippen molar-refractivity contribution in [3.8, 4) is 6.07 Å². The van der Waals surface area contributed by atoms with Crippen molar-refractivity contribution < 1.29 is 4.79 Å². The van der Waals surface area contributed by atoms with Gasteiger partial charge in [0.15, 0.2) is 0 Å². The van der Waals surface area contributed by atoms with Gasteiger partial charge in [0.05, 0.1) is 6.07 Å². The Hall–Kier alpha value is -1.34. The highest BCUT2D eigenvalue weighted by Gasteiger charge is 2.51. The SMILES string of the molecule is Cc1ccsc1CCN(C)C(=O)C1(C#N)CC1. The molecule has 0 aliphatic heterocycles. The van der Waals surface area contributed by atoms with Crippen LogP contribution in [0.25, 0.3) is 0 Å². The molecular formula is C13H16N2OS. The molecule has 1 saturated carbocycles. The van der Waals surface area contributed by atoms with Gasteiger partial charge < -0.3 is 4.90 Å². The lowest BCUT2D eigenvalue weighted by molar-refractivity contribution is -0.133. The number of carbonyl (C=O) groups excluding carboxylic acids is 1. The molecule has 2 rings (SSSR count). The van der Waals surface area contributed by atoms with Gasteiger partial charge in [0.25, 0.3) is 0 Å². The highest BCUT2D eigenvalue weighted by atomic mass is 32.1. The number of nitrogens with zero attached hydrogens (tertiary/aromatic N) is 2. The van der Waals surface area contributed by atoms with Gasteiger partial charge >= 0.3 is 0 Å². The molecular weight excluding hydrogens is 232 g/mol. The molecule has 0 aromatic carbocycles. The summed E-state index contributed by atoms with van der Waals surface area (Å²) >= 11 is 1.73.